The number of carbonyl (C=O) groups is 1. The molecule has 0 aliphatic carbocycles. The van der Waals surface area contributed by atoms with Crippen molar-refractivity contribution in [3.8, 4) is 0 Å². The van der Waals surface area contributed by atoms with Crippen LogP contribution < -0.4 is 0 Å². The Hall–Kier alpha value is -0.660. The third-order valence-electron chi connectivity index (χ3n) is 4.82. The number of hydrogen-bond acceptors (Lipinski definition) is 2. The predicted molar refractivity (Wildman–Crippen MR) is 90.0 cm³/mol. The molecule has 0 rings (SSSR count). The van der Waals surface area contributed by atoms with Gasteiger partial charge in [0.25, 0.3) is 0 Å². The van der Waals surface area contributed by atoms with Crippen molar-refractivity contribution >= 4 is 12.6 Å². The lowest BCUT2D eigenvalue weighted by atomic mass is 9.72. The molecule has 0 aromatic heterocycles. The van der Waals surface area contributed by atoms with Gasteiger partial charge in [0, 0.05) is 0 Å². The molecule has 0 heterocycles. The van der Waals surface area contributed by atoms with Crippen molar-refractivity contribution < 1.29 is 9.59 Å². The minimum absolute atomic E-state index is 0.472. The van der Waals surface area contributed by atoms with Crippen LogP contribution in [0.15, 0.2) is 0 Å². The van der Waals surface area contributed by atoms with Gasteiger partial charge in [-0.05, 0) is 24.7 Å². The van der Waals surface area contributed by atoms with Crippen LogP contribution in [-0.2, 0) is 9.59 Å². The van der Waals surface area contributed by atoms with Crippen molar-refractivity contribution in [2.45, 2.75) is 91.9 Å². The maximum Gasteiger partial charge on any atom is 0.212 e. The lowest BCUT2D eigenvalue weighted by Crippen LogP contribution is -2.30. The van der Waals surface area contributed by atoms with Gasteiger partial charge in [0.05, 0.1) is 5.41 Å². The minimum Gasteiger partial charge on any atom is -0.302 e. The molecule has 21 heavy (non-hydrogen) atoms. The van der Waals surface area contributed by atoms with E-state index in [2.05, 4.69) is 34.0 Å². The van der Waals surface area contributed by atoms with E-state index in [4.69, 9.17) is 0 Å². The smallest absolute Gasteiger partial charge is 0.212 e. The SMILES string of the molecule is CCCCC(CC)CC([C]=O)(C=O)CC(CC)CCCC. The quantitative estimate of drug-likeness (QED) is 0.313. The molecule has 0 saturated heterocycles. The molecule has 2 heteroatoms. The Morgan fingerprint density at radius 3 is 1.57 bits per heavy atom. The Labute approximate surface area is 132 Å². The first-order valence-electron chi connectivity index (χ1n) is 8.96. The summed E-state index contributed by atoms with van der Waals surface area (Å²) in [6.45, 7) is 8.69. The van der Waals surface area contributed by atoms with Crippen molar-refractivity contribution in [3.63, 3.8) is 0 Å². The van der Waals surface area contributed by atoms with Crippen LogP contribution in [0.1, 0.15) is 91.9 Å². The lowest BCUT2D eigenvalue weighted by molar-refractivity contribution is -0.114. The lowest BCUT2D eigenvalue weighted by Gasteiger charge is -2.29. The van der Waals surface area contributed by atoms with E-state index in [1.165, 1.54) is 25.7 Å². The highest BCUT2D eigenvalue weighted by molar-refractivity contribution is 5.84. The van der Waals surface area contributed by atoms with E-state index >= 15 is 0 Å². The van der Waals surface area contributed by atoms with Crippen LogP contribution in [0.3, 0.4) is 0 Å². The van der Waals surface area contributed by atoms with E-state index in [9.17, 15) is 9.59 Å². The van der Waals surface area contributed by atoms with Crippen LogP contribution in [0, 0.1) is 17.3 Å². The summed E-state index contributed by atoms with van der Waals surface area (Å²) >= 11 is 0. The Balaban J connectivity index is 4.78. The number of aldehydes is 1. The molecule has 0 saturated carbocycles. The Morgan fingerprint density at radius 1 is 0.905 bits per heavy atom. The van der Waals surface area contributed by atoms with E-state index in [0.29, 0.717) is 24.7 Å². The van der Waals surface area contributed by atoms with Crippen LogP contribution >= 0.6 is 0 Å². The minimum atomic E-state index is -0.858. The van der Waals surface area contributed by atoms with E-state index in [-0.39, 0.29) is 0 Å². The monoisotopic (exact) mass is 295 g/mol. The largest absolute Gasteiger partial charge is 0.302 e. The summed E-state index contributed by atoms with van der Waals surface area (Å²) in [7, 11) is 0. The Bertz CT molecular complexity index is 245. The number of carbonyl (C=O) groups excluding carboxylic acids is 2. The molecule has 0 aliphatic rings. The maximum absolute atomic E-state index is 11.6. The predicted octanol–water partition coefficient (Wildman–Crippen LogP) is 5.49. The first-order valence-corrected chi connectivity index (χ1v) is 8.96. The molecule has 0 amide bonds. The zero-order valence-corrected chi connectivity index (χ0v) is 14.6. The van der Waals surface area contributed by atoms with Gasteiger partial charge in [0.2, 0.25) is 6.29 Å². The van der Waals surface area contributed by atoms with E-state index in [1.54, 1.807) is 0 Å². The fourth-order valence-electron chi connectivity index (χ4n) is 3.20. The van der Waals surface area contributed by atoms with Crippen molar-refractivity contribution in [2.24, 2.45) is 17.3 Å². The van der Waals surface area contributed by atoms with Gasteiger partial charge in [-0.1, -0.05) is 79.1 Å². The summed E-state index contributed by atoms with van der Waals surface area (Å²) in [5.41, 5.74) is -0.858. The fraction of sp³-hybridized carbons (Fsp3) is 0.895. The third kappa shape index (κ3) is 7.78. The molecule has 2 nitrogen and oxygen atoms in total. The summed E-state index contributed by atoms with van der Waals surface area (Å²) in [5.74, 6) is 0.945. The summed E-state index contributed by atoms with van der Waals surface area (Å²) in [6.07, 6.45) is 13.4. The second-order valence-electron chi connectivity index (χ2n) is 6.62. The van der Waals surface area contributed by atoms with Gasteiger partial charge >= 0.3 is 0 Å². The number of rotatable bonds is 14. The number of unbranched alkanes of at least 4 members (excludes halogenated alkanes) is 2. The molecule has 0 aromatic carbocycles. The molecule has 123 valence electrons. The van der Waals surface area contributed by atoms with E-state index in [1.807, 2.05) is 0 Å². The van der Waals surface area contributed by atoms with E-state index in [0.717, 1.165) is 32.0 Å². The van der Waals surface area contributed by atoms with Gasteiger partial charge in [-0.2, -0.15) is 0 Å². The van der Waals surface area contributed by atoms with Gasteiger partial charge in [-0.15, -0.1) is 0 Å². The molecular weight excluding hydrogens is 260 g/mol. The molecule has 2 unspecified atom stereocenters. The van der Waals surface area contributed by atoms with Crippen LogP contribution in [0.5, 0.6) is 0 Å². The molecule has 0 spiro atoms. The molecule has 0 N–H and O–H groups in total. The highest BCUT2D eigenvalue weighted by Gasteiger charge is 2.35. The average molecular weight is 295 g/mol. The van der Waals surface area contributed by atoms with Crippen LogP contribution in [-0.4, -0.2) is 12.6 Å². The van der Waals surface area contributed by atoms with Gasteiger partial charge in [0.15, 0.2) is 0 Å². The normalized spacial score (nSPS) is 14.7. The first-order chi connectivity index (χ1) is 10.1. The summed E-state index contributed by atoms with van der Waals surface area (Å²) in [5, 5.41) is 0. The number of hydrogen-bond donors (Lipinski definition) is 0. The van der Waals surface area contributed by atoms with Crippen LogP contribution in [0.4, 0.5) is 0 Å². The molecule has 0 aliphatic heterocycles. The van der Waals surface area contributed by atoms with Crippen LogP contribution in [0.2, 0.25) is 0 Å². The van der Waals surface area contributed by atoms with Gasteiger partial charge < -0.3 is 4.79 Å². The molecule has 0 aromatic rings. The van der Waals surface area contributed by atoms with Gasteiger partial charge in [-0.25, -0.2) is 0 Å². The summed E-state index contributed by atoms with van der Waals surface area (Å²) in [6, 6.07) is 0. The van der Waals surface area contributed by atoms with Crippen LogP contribution in [0.25, 0.3) is 0 Å². The topological polar surface area (TPSA) is 34.1 Å². The van der Waals surface area contributed by atoms with Crippen molar-refractivity contribution in [1.82, 2.24) is 0 Å². The Kier molecular flexibility index (Phi) is 11.6. The second-order valence-corrected chi connectivity index (χ2v) is 6.62. The Morgan fingerprint density at radius 2 is 1.33 bits per heavy atom. The second kappa shape index (κ2) is 11.9. The molecule has 1 radical (unpaired) electrons. The molecule has 0 fully saturated rings. The van der Waals surface area contributed by atoms with E-state index < -0.39 is 5.41 Å². The summed E-state index contributed by atoms with van der Waals surface area (Å²) in [4.78, 5) is 23.2. The van der Waals surface area contributed by atoms with Crippen molar-refractivity contribution in [2.75, 3.05) is 0 Å². The molecule has 0 bridgehead atoms. The third-order valence-corrected chi connectivity index (χ3v) is 4.82. The highest BCUT2D eigenvalue weighted by Crippen LogP contribution is 2.35. The molecular formula is C19H35O2. The first kappa shape index (κ1) is 20.3. The zero-order chi connectivity index (χ0) is 16.1. The highest BCUT2D eigenvalue weighted by atomic mass is 16.1. The standard InChI is InChI=1S/C19H35O2/c1-5-9-11-17(7-3)13-19(15-20,16-21)14-18(8-4)12-10-6-2/h15,17-18H,5-14H2,1-4H3. The maximum atomic E-state index is 11.6. The zero-order valence-electron chi connectivity index (χ0n) is 14.6. The average Bonchev–Trinajstić information content (AvgIpc) is 2.53. The summed E-state index contributed by atoms with van der Waals surface area (Å²) < 4.78 is 0. The van der Waals surface area contributed by atoms with Gasteiger partial charge in [0.1, 0.15) is 6.29 Å². The fourth-order valence-corrected chi connectivity index (χ4v) is 3.20. The van der Waals surface area contributed by atoms with Crippen molar-refractivity contribution in [3.05, 3.63) is 0 Å². The van der Waals surface area contributed by atoms with Gasteiger partial charge in [-0.3, -0.25) is 4.79 Å². The van der Waals surface area contributed by atoms with Crippen molar-refractivity contribution in [1.29, 1.82) is 0 Å². The molecule has 2 atom stereocenters.